The van der Waals surface area contributed by atoms with Gasteiger partial charge in [-0.2, -0.15) is 5.10 Å². The van der Waals surface area contributed by atoms with Gasteiger partial charge in [0.2, 0.25) is 0 Å². The molecule has 1 aromatic heterocycles. The van der Waals surface area contributed by atoms with Gasteiger partial charge in [0.25, 0.3) is 5.91 Å². The number of rotatable bonds is 3. The third kappa shape index (κ3) is 2.56. The molecule has 0 unspecified atom stereocenters. The van der Waals surface area contributed by atoms with Crippen LogP contribution in [0.1, 0.15) is 21.6 Å². The number of carbonyl (C=O) groups excluding carboxylic acids is 1. The zero-order chi connectivity index (χ0) is 15.9. The number of halogens is 2. The largest absolute Gasteiger partial charge is 0.364 e. The van der Waals surface area contributed by atoms with Gasteiger partial charge < -0.3 is 5.73 Å². The van der Waals surface area contributed by atoms with Crippen LogP contribution in [-0.2, 0) is 6.54 Å². The number of aryl methyl sites for hydroxylation is 1. The molecule has 0 aliphatic heterocycles. The second-order valence-electron chi connectivity index (χ2n) is 5.08. The molecular weight excluding hydrogens is 321 g/mol. The normalized spacial score (nSPS) is 11.0. The van der Waals surface area contributed by atoms with Crippen LogP contribution in [-0.4, -0.2) is 15.7 Å². The lowest BCUT2D eigenvalue weighted by Gasteiger charge is -2.08. The molecule has 6 heteroatoms. The molecule has 3 aromatic rings. The molecule has 0 saturated heterocycles. The first-order chi connectivity index (χ1) is 10.5. The summed E-state index contributed by atoms with van der Waals surface area (Å²) in [5.74, 6) is -0.545. The Morgan fingerprint density at radius 2 is 2.05 bits per heavy atom. The molecule has 0 fully saturated rings. The Hall–Kier alpha value is -2.04. The predicted molar refractivity (Wildman–Crippen MR) is 88.6 cm³/mol. The predicted octanol–water partition coefficient (Wildman–Crippen LogP) is 3.80. The van der Waals surface area contributed by atoms with E-state index in [9.17, 15) is 4.79 Å². The zero-order valence-electron chi connectivity index (χ0n) is 11.8. The summed E-state index contributed by atoms with van der Waals surface area (Å²) in [7, 11) is 0. The van der Waals surface area contributed by atoms with E-state index in [0.717, 1.165) is 22.0 Å². The smallest absolute Gasteiger partial charge is 0.269 e. The second kappa shape index (κ2) is 5.63. The van der Waals surface area contributed by atoms with Crippen molar-refractivity contribution < 1.29 is 4.79 Å². The van der Waals surface area contributed by atoms with E-state index < -0.39 is 5.91 Å². The number of nitrogens with zero attached hydrogens (tertiary/aromatic N) is 2. The summed E-state index contributed by atoms with van der Waals surface area (Å²) in [6, 6.07) is 11.0. The van der Waals surface area contributed by atoms with Crippen molar-refractivity contribution in [2.24, 2.45) is 5.73 Å². The van der Waals surface area contributed by atoms with Gasteiger partial charge in [0.15, 0.2) is 5.69 Å². The van der Waals surface area contributed by atoms with Crippen molar-refractivity contribution in [2.45, 2.75) is 13.5 Å². The third-order valence-corrected chi connectivity index (χ3v) is 4.13. The fourth-order valence-electron chi connectivity index (χ4n) is 2.52. The van der Waals surface area contributed by atoms with Gasteiger partial charge in [-0.15, -0.1) is 0 Å². The molecule has 0 aliphatic carbocycles. The van der Waals surface area contributed by atoms with Gasteiger partial charge in [-0.1, -0.05) is 47.5 Å². The molecule has 22 heavy (non-hydrogen) atoms. The van der Waals surface area contributed by atoms with Crippen LogP contribution in [0.15, 0.2) is 36.4 Å². The average Bonchev–Trinajstić information content (AvgIpc) is 2.82. The van der Waals surface area contributed by atoms with E-state index in [1.54, 1.807) is 16.8 Å². The topological polar surface area (TPSA) is 60.9 Å². The van der Waals surface area contributed by atoms with Gasteiger partial charge >= 0.3 is 0 Å². The Morgan fingerprint density at radius 1 is 1.27 bits per heavy atom. The number of para-hydroxylation sites is 1. The molecule has 0 atom stereocenters. The third-order valence-electron chi connectivity index (χ3n) is 3.54. The van der Waals surface area contributed by atoms with Crippen LogP contribution in [0.25, 0.3) is 10.9 Å². The maximum Gasteiger partial charge on any atom is 0.269 e. The molecule has 2 aromatic carbocycles. The lowest BCUT2D eigenvalue weighted by Crippen LogP contribution is -2.13. The van der Waals surface area contributed by atoms with E-state index in [4.69, 9.17) is 28.9 Å². The number of hydrogen-bond donors (Lipinski definition) is 1. The lowest BCUT2D eigenvalue weighted by molar-refractivity contribution is 0.0996. The summed E-state index contributed by atoms with van der Waals surface area (Å²) in [6.45, 7) is 2.40. The first kappa shape index (κ1) is 14.9. The summed E-state index contributed by atoms with van der Waals surface area (Å²) < 4.78 is 1.75. The van der Waals surface area contributed by atoms with Gasteiger partial charge in [0.05, 0.1) is 12.1 Å². The molecule has 0 bridgehead atoms. The molecule has 4 nitrogen and oxygen atoms in total. The van der Waals surface area contributed by atoms with Gasteiger partial charge in [0.1, 0.15) is 0 Å². The monoisotopic (exact) mass is 333 g/mol. The Kier molecular flexibility index (Phi) is 3.81. The van der Waals surface area contributed by atoms with Gasteiger partial charge in [-0.25, -0.2) is 0 Å². The van der Waals surface area contributed by atoms with Crippen LogP contribution < -0.4 is 5.73 Å². The summed E-state index contributed by atoms with van der Waals surface area (Å²) in [4.78, 5) is 11.6. The van der Waals surface area contributed by atoms with Crippen molar-refractivity contribution >= 4 is 40.0 Å². The molecule has 0 spiro atoms. The Balaban J connectivity index is 2.16. The highest BCUT2D eigenvalue weighted by Crippen LogP contribution is 2.26. The van der Waals surface area contributed by atoms with Crippen LogP contribution >= 0.6 is 23.2 Å². The number of nitrogens with two attached hydrogens (primary N) is 1. The van der Waals surface area contributed by atoms with E-state index >= 15 is 0 Å². The molecule has 0 radical (unpaired) electrons. The zero-order valence-corrected chi connectivity index (χ0v) is 13.3. The van der Waals surface area contributed by atoms with Crippen molar-refractivity contribution in [3.8, 4) is 0 Å². The van der Waals surface area contributed by atoms with Crippen LogP contribution in [0.3, 0.4) is 0 Å². The summed E-state index contributed by atoms with van der Waals surface area (Å²) in [6.07, 6.45) is 0. The fourth-order valence-corrected chi connectivity index (χ4v) is 2.99. The van der Waals surface area contributed by atoms with Crippen LogP contribution in [0.5, 0.6) is 0 Å². The first-order valence-corrected chi connectivity index (χ1v) is 7.43. The van der Waals surface area contributed by atoms with Crippen molar-refractivity contribution in [2.75, 3.05) is 0 Å². The number of fused-ring (bicyclic) bond motifs is 1. The highest BCUT2D eigenvalue weighted by Gasteiger charge is 2.16. The Labute approximate surface area is 137 Å². The second-order valence-corrected chi connectivity index (χ2v) is 5.92. The number of benzene rings is 2. The molecule has 1 heterocycles. The standard InChI is InChI=1S/C16H13Cl2N3O/c1-9-3-2-4-12-14(16(19)22)20-21(15(9)12)8-10-5-6-11(17)7-13(10)18/h2-7H,8H2,1H3,(H2,19,22). The van der Waals surface area contributed by atoms with E-state index in [-0.39, 0.29) is 5.69 Å². The quantitative estimate of drug-likeness (QED) is 0.792. The minimum atomic E-state index is -0.545. The van der Waals surface area contributed by atoms with Gasteiger partial charge in [-0.05, 0) is 30.2 Å². The highest BCUT2D eigenvalue weighted by atomic mass is 35.5. The summed E-state index contributed by atoms with van der Waals surface area (Å²) in [5, 5.41) is 6.24. The molecule has 1 amide bonds. The number of aromatic nitrogens is 2. The minimum Gasteiger partial charge on any atom is -0.364 e. The SMILES string of the molecule is Cc1cccc2c(C(N)=O)nn(Cc3ccc(Cl)cc3Cl)c12. The van der Waals surface area contributed by atoms with Crippen LogP contribution in [0, 0.1) is 6.92 Å². The van der Waals surface area contributed by atoms with Gasteiger partial charge in [0, 0.05) is 15.4 Å². The van der Waals surface area contributed by atoms with E-state index in [2.05, 4.69) is 5.10 Å². The van der Waals surface area contributed by atoms with Crippen molar-refractivity contribution in [1.29, 1.82) is 0 Å². The van der Waals surface area contributed by atoms with E-state index in [0.29, 0.717) is 16.6 Å². The molecule has 112 valence electrons. The van der Waals surface area contributed by atoms with Crippen LogP contribution in [0.2, 0.25) is 10.0 Å². The van der Waals surface area contributed by atoms with Crippen molar-refractivity contribution in [3.05, 3.63) is 63.3 Å². The molecule has 3 rings (SSSR count). The Bertz CT molecular complexity index is 886. The number of hydrogen-bond acceptors (Lipinski definition) is 2. The fraction of sp³-hybridized carbons (Fsp3) is 0.125. The van der Waals surface area contributed by atoms with E-state index in [1.165, 1.54) is 0 Å². The summed E-state index contributed by atoms with van der Waals surface area (Å²) in [5.41, 5.74) is 8.46. The lowest BCUT2D eigenvalue weighted by atomic mass is 10.1. The minimum absolute atomic E-state index is 0.267. The molecule has 2 N–H and O–H groups in total. The van der Waals surface area contributed by atoms with E-state index in [1.807, 2.05) is 31.2 Å². The number of amides is 1. The average molecular weight is 334 g/mol. The Morgan fingerprint density at radius 3 is 2.73 bits per heavy atom. The maximum absolute atomic E-state index is 11.6. The first-order valence-electron chi connectivity index (χ1n) is 6.67. The van der Waals surface area contributed by atoms with Crippen LogP contribution in [0.4, 0.5) is 0 Å². The molecule has 0 aliphatic rings. The summed E-state index contributed by atoms with van der Waals surface area (Å²) >= 11 is 12.1. The maximum atomic E-state index is 11.6. The van der Waals surface area contributed by atoms with Crippen molar-refractivity contribution in [1.82, 2.24) is 9.78 Å². The van der Waals surface area contributed by atoms with Crippen molar-refractivity contribution in [3.63, 3.8) is 0 Å². The highest BCUT2D eigenvalue weighted by molar-refractivity contribution is 6.35. The van der Waals surface area contributed by atoms with Gasteiger partial charge in [-0.3, -0.25) is 9.48 Å². The molecular formula is C16H13Cl2N3O. The molecule has 0 saturated carbocycles. The number of carbonyl (C=O) groups is 1. The number of primary amides is 1.